The van der Waals surface area contributed by atoms with Crippen molar-refractivity contribution in [2.75, 3.05) is 6.54 Å². The molecular formula is C7H9ClN4O. The molecule has 0 saturated heterocycles. The van der Waals surface area contributed by atoms with Gasteiger partial charge < -0.3 is 11.1 Å². The van der Waals surface area contributed by atoms with Crippen LogP contribution in [0, 0.1) is 0 Å². The molecule has 2 rings (SSSR count). The van der Waals surface area contributed by atoms with Crippen molar-refractivity contribution in [1.29, 1.82) is 0 Å². The zero-order valence-corrected chi connectivity index (χ0v) is 7.54. The molecular weight excluding hydrogens is 192 g/mol. The second-order valence-corrected chi connectivity index (χ2v) is 2.64. The van der Waals surface area contributed by atoms with Gasteiger partial charge in [-0.2, -0.15) is 0 Å². The van der Waals surface area contributed by atoms with E-state index in [0.29, 0.717) is 6.54 Å². The molecule has 3 N–H and O–H groups in total. The number of carbonyl (C=O) groups excluding carboxylic acids is 1. The van der Waals surface area contributed by atoms with Gasteiger partial charge in [0, 0.05) is 18.0 Å². The number of nitrogens with two attached hydrogens (primary N) is 1. The third-order valence-electron chi connectivity index (χ3n) is 1.77. The minimum absolute atomic E-state index is 0. The Hall–Kier alpha value is -1.36. The van der Waals surface area contributed by atoms with E-state index in [0.717, 1.165) is 11.3 Å². The summed E-state index contributed by atoms with van der Waals surface area (Å²) < 4.78 is 0. The Labute approximate surface area is 81.2 Å². The highest BCUT2D eigenvalue weighted by atomic mass is 35.5. The second kappa shape index (κ2) is 3.57. The molecule has 70 valence electrons. The zero-order valence-electron chi connectivity index (χ0n) is 6.73. The van der Waals surface area contributed by atoms with E-state index in [1.54, 1.807) is 12.4 Å². The SMILES string of the molecule is Cl.NC(=O)C1N=CC2=C(C=NC2)N1. The largest absolute Gasteiger partial charge is 0.366 e. The van der Waals surface area contributed by atoms with Crippen molar-refractivity contribution in [3.8, 4) is 0 Å². The van der Waals surface area contributed by atoms with Crippen LogP contribution in [0.5, 0.6) is 0 Å². The minimum atomic E-state index is -0.631. The van der Waals surface area contributed by atoms with E-state index in [2.05, 4.69) is 15.3 Å². The van der Waals surface area contributed by atoms with Gasteiger partial charge in [0.1, 0.15) is 0 Å². The predicted molar refractivity (Wildman–Crippen MR) is 52.2 cm³/mol. The van der Waals surface area contributed by atoms with E-state index in [-0.39, 0.29) is 12.4 Å². The number of hydrogen-bond acceptors (Lipinski definition) is 4. The summed E-state index contributed by atoms with van der Waals surface area (Å²) >= 11 is 0. The molecule has 0 radical (unpaired) electrons. The third kappa shape index (κ3) is 1.70. The molecule has 1 unspecified atom stereocenters. The second-order valence-electron chi connectivity index (χ2n) is 2.64. The number of amides is 1. The van der Waals surface area contributed by atoms with Crippen LogP contribution < -0.4 is 11.1 Å². The minimum Gasteiger partial charge on any atom is -0.366 e. The maximum absolute atomic E-state index is 10.7. The Morgan fingerprint density at radius 1 is 1.62 bits per heavy atom. The summed E-state index contributed by atoms with van der Waals surface area (Å²) in [6, 6.07) is 0. The Morgan fingerprint density at radius 2 is 2.38 bits per heavy atom. The van der Waals surface area contributed by atoms with Crippen LogP contribution in [0.15, 0.2) is 21.3 Å². The zero-order chi connectivity index (χ0) is 8.55. The summed E-state index contributed by atoms with van der Waals surface area (Å²) in [5.74, 6) is -0.474. The van der Waals surface area contributed by atoms with E-state index in [9.17, 15) is 4.79 Å². The molecule has 0 saturated carbocycles. The first-order valence-electron chi connectivity index (χ1n) is 3.59. The van der Waals surface area contributed by atoms with Crippen molar-refractivity contribution in [1.82, 2.24) is 5.32 Å². The summed E-state index contributed by atoms with van der Waals surface area (Å²) in [5.41, 5.74) is 6.93. The van der Waals surface area contributed by atoms with Gasteiger partial charge in [-0.25, -0.2) is 0 Å². The standard InChI is InChI=1S/C7H8N4O.ClH/c8-6(12)7-10-2-4-1-9-3-5(4)11-7;/h2-3,7,11H,1H2,(H2,8,12);1H. The van der Waals surface area contributed by atoms with Crippen LogP contribution >= 0.6 is 12.4 Å². The number of halogens is 1. The summed E-state index contributed by atoms with van der Waals surface area (Å²) in [7, 11) is 0. The van der Waals surface area contributed by atoms with Crippen LogP contribution in [0.3, 0.4) is 0 Å². The van der Waals surface area contributed by atoms with E-state index in [1.807, 2.05) is 0 Å². The lowest BCUT2D eigenvalue weighted by molar-refractivity contribution is -0.119. The van der Waals surface area contributed by atoms with E-state index < -0.39 is 12.1 Å². The first kappa shape index (κ1) is 9.73. The number of rotatable bonds is 1. The van der Waals surface area contributed by atoms with E-state index >= 15 is 0 Å². The molecule has 5 nitrogen and oxygen atoms in total. The summed E-state index contributed by atoms with van der Waals surface area (Å²) in [4.78, 5) is 18.7. The fraction of sp³-hybridized carbons (Fsp3) is 0.286. The third-order valence-corrected chi connectivity index (χ3v) is 1.77. The molecule has 0 aromatic heterocycles. The van der Waals surface area contributed by atoms with Crippen molar-refractivity contribution >= 4 is 30.7 Å². The Bertz CT molecular complexity index is 320. The average molecular weight is 201 g/mol. The molecule has 0 bridgehead atoms. The number of primary amides is 1. The molecule has 0 fully saturated rings. The number of aliphatic imine (C=N–C) groups is 2. The average Bonchev–Trinajstić information content (AvgIpc) is 2.49. The quantitative estimate of drug-likeness (QED) is 0.583. The van der Waals surface area contributed by atoms with Crippen LogP contribution in [0.1, 0.15) is 0 Å². The van der Waals surface area contributed by atoms with Crippen molar-refractivity contribution < 1.29 is 4.79 Å². The van der Waals surface area contributed by atoms with Crippen molar-refractivity contribution in [3.63, 3.8) is 0 Å². The van der Waals surface area contributed by atoms with Gasteiger partial charge in [-0.05, 0) is 0 Å². The number of carbonyl (C=O) groups is 1. The predicted octanol–water partition coefficient (Wildman–Crippen LogP) is -0.768. The van der Waals surface area contributed by atoms with Gasteiger partial charge in [0.05, 0.1) is 12.2 Å². The van der Waals surface area contributed by atoms with E-state index in [4.69, 9.17) is 5.73 Å². The molecule has 0 aromatic carbocycles. The normalized spacial score (nSPS) is 23.5. The van der Waals surface area contributed by atoms with Gasteiger partial charge >= 0.3 is 0 Å². The number of hydrogen-bond donors (Lipinski definition) is 2. The molecule has 13 heavy (non-hydrogen) atoms. The van der Waals surface area contributed by atoms with Gasteiger partial charge in [0.25, 0.3) is 5.91 Å². The molecule has 1 amide bonds. The van der Waals surface area contributed by atoms with Crippen LogP contribution in [-0.4, -0.2) is 31.0 Å². The molecule has 1 atom stereocenters. The molecule has 2 aliphatic rings. The smallest absolute Gasteiger partial charge is 0.262 e. The Balaban J connectivity index is 0.000000845. The van der Waals surface area contributed by atoms with Crippen LogP contribution in [0.2, 0.25) is 0 Å². The highest BCUT2D eigenvalue weighted by Crippen LogP contribution is 2.10. The molecule has 2 aliphatic heterocycles. The highest BCUT2D eigenvalue weighted by molar-refractivity contribution is 5.97. The van der Waals surface area contributed by atoms with Crippen molar-refractivity contribution in [2.45, 2.75) is 6.17 Å². The lowest BCUT2D eigenvalue weighted by Gasteiger charge is -2.16. The number of nitrogens with one attached hydrogen (secondary N) is 1. The van der Waals surface area contributed by atoms with Gasteiger partial charge in [0.15, 0.2) is 6.17 Å². The lowest BCUT2D eigenvalue weighted by atomic mass is 10.2. The molecule has 0 aliphatic carbocycles. The monoisotopic (exact) mass is 200 g/mol. The lowest BCUT2D eigenvalue weighted by Crippen LogP contribution is -2.41. The molecule has 0 aromatic rings. The first-order chi connectivity index (χ1) is 5.77. The van der Waals surface area contributed by atoms with Crippen LogP contribution in [0.4, 0.5) is 0 Å². The molecule has 6 heteroatoms. The summed E-state index contributed by atoms with van der Waals surface area (Å²) in [6.07, 6.45) is 2.71. The maximum Gasteiger partial charge on any atom is 0.262 e. The fourth-order valence-electron chi connectivity index (χ4n) is 1.14. The molecule has 0 spiro atoms. The Kier molecular flexibility index (Phi) is 2.67. The van der Waals surface area contributed by atoms with Gasteiger partial charge in [0.2, 0.25) is 0 Å². The Morgan fingerprint density at radius 3 is 3.08 bits per heavy atom. The number of allylic oxidation sites excluding steroid dienone is 1. The first-order valence-corrected chi connectivity index (χ1v) is 3.59. The summed E-state index contributed by atoms with van der Waals surface area (Å²) in [6.45, 7) is 0.636. The van der Waals surface area contributed by atoms with Gasteiger partial charge in [-0.15, -0.1) is 12.4 Å². The van der Waals surface area contributed by atoms with Crippen LogP contribution in [0.25, 0.3) is 0 Å². The van der Waals surface area contributed by atoms with Crippen molar-refractivity contribution in [2.24, 2.45) is 15.7 Å². The molecule has 2 heterocycles. The van der Waals surface area contributed by atoms with Crippen molar-refractivity contribution in [3.05, 3.63) is 11.3 Å². The highest BCUT2D eigenvalue weighted by Gasteiger charge is 2.20. The maximum atomic E-state index is 10.7. The van der Waals surface area contributed by atoms with E-state index in [1.165, 1.54) is 0 Å². The van der Waals surface area contributed by atoms with Gasteiger partial charge in [-0.3, -0.25) is 14.8 Å². The fourth-order valence-corrected chi connectivity index (χ4v) is 1.14. The van der Waals surface area contributed by atoms with Crippen LogP contribution in [-0.2, 0) is 4.79 Å². The number of nitrogens with zero attached hydrogens (tertiary/aromatic N) is 2. The van der Waals surface area contributed by atoms with Gasteiger partial charge in [-0.1, -0.05) is 0 Å². The topological polar surface area (TPSA) is 79.8 Å². The summed E-state index contributed by atoms with van der Waals surface area (Å²) in [5, 5.41) is 2.87.